The Morgan fingerprint density at radius 1 is 1.12 bits per heavy atom. The summed E-state index contributed by atoms with van der Waals surface area (Å²) in [6.45, 7) is 2.89. The molecule has 2 N–H and O–H groups in total. The van der Waals surface area contributed by atoms with Crippen LogP contribution >= 0.6 is 24.0 Å². The number of benzene rings is 2. The Morgan fingerprint density at radius 3 is 2.65 bits per heavy atom. The smallest absolute Gasteiger partial charge is 0.216 e. The number of rotatable bonds is 6. The quantitative estimate of drug-likeness (QED) is 0.480. The van der Waals surface area contributed by atoms with Crippen LogP contribution in [-0.4, -0.2) is 31.1 Å². The van der Waals surface area contributed by atoms with Gasteiger partial charge in [0.1, 0.15) is 5.75 Å². The van der Waals surface area contributed by atoms with Crippen molar-refractivity contribution in [2.75, 3.05) is 25.5 Å². The molecule has 3 rings (SSSR count). The highest BCUT2D eigenvalue weighted by atomic mass is 35.5. The number of fused-ring (bicyclic) bond motifs is 2. The van der Waals surface area contributed by atoms with Crippen LogP contribution in [0.4, 0.5) is 5.69 Å². The van der Waals surface area contributed by atoms with E-state index >= 15 is 0 Å². The second-order valence-electron chi connectivity index (χ2n) is 5.79. The SMILES string of the molecule is COc1ccc2nc3cc(Cl)ccc3c(NCCCNC(C)=O)c2c1.Cl. The molecule has 1 heterocycles. The monoisotopic (exact) mass is 393 g/mol. The fourth-order valence-electron chi connectivity index (χ4n) is 2.78. The Hall–Kier alpha value is -2.24. The first-order chi connectivity index (χ1) is 12.1. The van der Waals surface area contributed by atoms with Gasteiger partial charge in [-0.05, 0) is 42.8 Å². The third kappa shape index (κ3) is 4.48. The van der Waals surface area contributed by atoms with Gasteiger partial charge in [0.2, 0.25) is 5.91 Å². The van der Waals surface area contributed by atoms with Gasteiger partial charge in [0.25, 0.3) is 0 Å². The molecule has 0 radical (unpaired) electrons. The Balaban J connectivity index is 0.00000243. The van der Waals surface area contributed by atoms with E-state index in [4.69, 9.17) is 21.3 Å². The summed E-state index contributed by atoms with van der Waals surface area (Å²) >= 11 is 6.12. The van der Waals surface area contributed by atoms with Gasteiger partial charge in [0.15, 0.2) is 0 Å². The predicted octanol–water partition coefficient (Wildman–Crippen LogP) is 4.41. The molecule has 0 saturated carbocycles. The minimum Gasteiger partial charge on any atom is -0.497 e. The zero-order valence-electron chi connectivity index (χ0n) is 14.6. The summed E-state index contributed by atoms with van der Waals surface area (Å²) in [6.07, 6.45) is 0.822. The van der Waals surface area contributed by atoms with E-state index in [-0.39, 0.29) is 18.3 Å². The van der Waals surface area contributed by atoms with Crippen molar-refractivity contribution in [3.8, 4) is 5.75 Å². The van der Waals surface area contributed by atoms with Crippen LogP contribution in [0.15, 0.2) is 36.4 Å². The topological polar surface area (TPSA) is 63.2 Å². The normalized spacial score (nSPS) is 10.4. The summed E-state index contributed by atoms with van der Waals surface area (Å²) in [4.78, 5) is 15.7. The summed E-state index contributed by atoms with van der Waals surface area (Å²) < 4.78 is 5.35. The number of nitrogens with zero attached hydrogens (tertiary/aromatic N) is 1. The number of hydrogen-bond acceptors (Lipinski definition) is 4. The second kappa shape index (κ2) is 8.92. The maximum atomic E-state index is 11.0. The molecular weight excluding hydrogens is 373 g/mol. The number of methoxy groups -OCH3 is 1. The molecule has 5 nitrogen and oxygen atoms in total. The van der Waals surface area contributed by atoms with Crippen molar-refractivity contribution in [3.63, 3.8) is 0 Å². The van der Waals surface area contributed by atoms with E-state index in [9.17, 15) is 4.79 Å². The Labute approximate surface area is 163 Å². The molecule has 138 valence electrons. The molecule has 7 heteroatoms. The molecule has 0 unspecified atom stereocenters. The summed E-state index contributed by atoms with van der Waals surface area (Å²) in [5, 5.41) is 8.94. The maximum Gasteiger partial charge on any atom is 0.216 e. The van der Waals surface area contributed by atoms with Gasteiger partial charge in [-0.25, -0.2) is 4.98 Å². The Bertz CT molecular complexity index is 931. The Morgan fingerprint density at radius 2 is 1.92 bits per heavy atom. The van der Waals surface area contributed by atoms with Crippen molar-refractivity contribution in [1.29, 1.82) is 0 Å². The van der Waals surface area contributed by atoms with Gasteiger partial charge in [-0.15, -0.1) is 12.4 Å². The molecule has 1 aromatic heterocycles. The number of hydrogen-bond donors (Lipinski definition) is 2. The lowest BCUT2D eigenvalue weighted by atomic mass is 10.1. The zero-order chi connectivity index (χ0) is 17.8. The van der Waals surface area contributed by atoms with Gasteiger partial charge in [0.05, 0.1) is 23.8 Å². The molecule has 0 atom stereocenters. The minimum atomic E-state index is -0.0146. The number of nitrogens with one attached hydrogen (secondary N) is 2. The lowest BCUT2D eigenvalue weighted by Crippen LogP contribution is -2.22. The summed E-state index contributed by atoms with van der Waals surface area (Å²) in [7, 11) is 1.65. The molecule has 2 aromatic carbocycles. The van der Waals surface area contributed by atoms with Crippen molar-refractivity contribution < 1.29 is 9.53 Å². The third-order valence-corrected chi connectivity index (χ3v) is 4.21. The largest absolute Gasteiger partial charge is 0.497 e. The van der Waals surface area contributed by atoms with Crippen LogP contribution in [0.3, 0.4) is 0 Å². The number of anilines is 1. The van der Waals surface area contributed by atoms with E-state index in [2.05, 4.69) is 10.6 Å². The van der Waals surface area contributed by atoms with Gasteiger partial charge in [-0.2, -0.15) is 0 Å². The van der Waals surface area contributed by atoms with Gasteiger partial charge in [-0.3, -0.25) is 4.79 Å². The number of amides is 1. The standard InChI is InChI=1S/C19H20ClN3O2.ClH/c1-12(24)21-8-3-9-22-19-15-6-4-13(20)10-18(15)23-17-7-5-14(25-2)11-16(17)19;/h4-7,10-11H,3,8-9H2,1-2H3,(H,21,24)(H,22,23);1H. The van der Waals surface area contributed by atoms with Crippen molar-refractivity contribution in [2.24, 2.45) is 0 Å². The number of halogens is 2. The summed E-state index contributed by atoms with van der Waals surface area (Å²) in [6, 6.07) is 11.5. The van der Waals surface area contributed by atoms with Crippen molar-refractivity contribution >= 4 is 57.4 Å². The molecular formula is C19H21Cl2N3O2. The number of ether oxygens (including phenoxy) is 1. The van der Waals surface area contributed by atoms with Crippen LogP contribution < -0.4 is 15.4 Å². The highest BCUT2D eigenvalue weighted by Crippen LogP contribution is 2.34. The van der Waals surface area contributed by atoms with Crippen molar-refractivity contribution in [1.82, 2.24) is 10.3 Å². The predicted molar refractivity (Wildman–Crippen MR) is 110 cm³/mol. The van der Waals surface area contributed by atoms with E-state index in [1.807, 2.05) is 36.4 Å². The van der Waals surface area contributed by atoms with Gasteiger partial charge in [0, 0.05) is 35.8 Å². The first-order valence-electron chi connectivity index (χ1n) is 8.14. The number of carbonyl (C=O) groups excluding carboxylic acids is 1. The fraction of sp³-hybridized carbons (Fsp3) is 0.263. The van der Waals surface area contributed by atoms with E-state index in [1.165, 1.54) is 6.92 Å². The average Bonchev–Trinajstić information content (AvgIpc) is 2.59. The summed E-state index contributed by atoms with van der Waals surface area (Å²) in [5.41, 5.74) is 2.72. The zero-order valence-corrected chi connectivity index (χ0v) is 16.2. The minimum absolute atomic E-state index is 0. The number of pyridine rings is 1. The van der Waals surface area contributed by atoms with Crippen LogP contribution in [0.1, 0.15) is 13.3 Å². The van der Waals surface area contributed by atoms with Crippen LogP contribution in [0.5, 0.6) is 5.75 Å². The van der Waals surface area contributed by atoms with E-state index < -0.39 is 0 Å². The number of aromatic nitrogens is 1. The van der Waals surface area contributed by atoms with Crippen LogP contribution in [0.2, 0.25) is 5.02 Å². The van der Waals surface area contributed by atoms with Gasteiger partial charge >= 0.3 is 0 Å². The lowest BCUT2D eigenvalue weighted by molar-refractivity contribution is -0.118. The second-order valence-corrected chi connectivity index (χ2v) is 6.23. The van der Waals surface area contributed by atoms with E-state index in [0.29, 0.717) is 11.6 Å². The van der Waals surface area contributed by atoms with Crippen LogP contribution in [0.25, 0.3) is 21.8 Å². The van der Waals surface area contributed by atoms with Gasteiger partial charge in [-0.1, -0.05) is 11.6 Å². The molecule has 3 aromatic rings. The fourth-order valence-corrected chi connectivity index (χ4v) is 2.95. The molecule has 0 aliphatic heterocycles. The highest BCUT2D eigenvalue weighted by Gasteiger charge is 2.10. The molecule has 1 amide bonds. The first-order valence-corrected chi connectivity index (χ1v) is 8.51. The molecule has 0 fully saturated rings. The Kier molecular flexibility index (Phi) is 6.89. The van der Waals surface area contributed by atoms with Crippen LogP contribution in [-0.2, 0) is 4.79 Å². The van der Waals surface area contributed by atoms with Crippen LogP contribution in [0, 0.1) is 0 Å². The molecule has 26 heavy (non-hydrogen) atoms. The highest BCUT2D eigenvalue weighted by molar-refractivity contribution is 6.31. The molecule has 0 spiro atoms. The van der Waals surface area contributed by atoms with E-state index in [1.54, 1.807) is 7.11 Å². The maximum absolute atomic E-state index is 11.0. The van der Waals surface area contributed by atoms with Crippen molar-refractivity contribution in [2.45, 2.75) is 13.3 Å². The van der Waals surface area contributed by atoms with E-state index in [0.717, 1.165) is 46.2 Å². The molecule has 0 bridgehead atoms. The molecule has 0 aliphatic rings. The summed E-state index contributed by atoms with van der Waals surface area (Å²) in [5.74, 6) is 0.767. The molecule has 0 saturated heterocycles. The van der Waals surface area contributed by atoms with Gasteiger partial charge < -0.3 is 15.4 Å². The molecule has 0 aliphatic carbocycles. The third-order valence-electron chi connectivity index (χ3n) is 3.97. The first kappa shape index (κ1) is 20.1. The van der Waals surface area contributed by atoms with Crippen molar-refractivity contribution in [3.05, 3.63) is 41.4 Å². The lowest BCUT2D eigenvalue weighted by Gasteiger charge is -2.14. The average molecular weight is 394 g/mol. The number of carbonyl (C=O) groups is 1.